The molecule has 7 nitrogen and oxygen atoms in total. The third-order valence-electron chi connectivity index (χ3n) is 3.14. The highest BCUT2D eigenvalue weighted by Crippen LogP contribution is 2.28. The smallest absolute Gasteiger partial charge is 0.406 e. The van der Waals surface area contributed by atoms with Crippen molar-refractivity contribution in [3.63, 3.8) is 0 Å². The van der Waals surface area contributed by atoms with Gasteiger partial charge in [-0.2, -0.15) is 5.10 Å². The molecule has 0 atom stereocenters. The number of nitrogens with zero attached hydrogens (tertiary/aromatic N) is 3. The summed E-state index contributed by atoms with van der Waals surface area (Å²) in [4.78, 5) is 14.4. The number of ether oxygens (including phenoxy) is 1. The van der Waals surface area contributed by atoms with Gasteiger partial charge in [0.2, 0.25) is 0 Å². The first-order chi connectivity index (χ1) is 11.8. The standard InChI is InChI=1S/C15H9F3N4O3/c16-15(17,18)25-12-6-2-4-10(8-12)14-19-13(20-21-14)9-3-1-5-11(7-9)22(23)24/h1-8H,(H,19,20,21). The van der Waals surface area contributed by atoms with Gasteiger partial charge in [0.05, 0.1) is 4.92 Å². The minimum Gasteiger partial charge on any atom is -0.406 e. The first-order valence-corrected chi connectivity index (χ1v) is 6.85. The number of aromatic amines is 1. The summed E-state index contributed by atoms with van der Waals surface area (Å²) in [6.45, 7) is 0. The molecule has 0 unspecified atom stereocenters. The number of H-pyrrole nitrogens is 1. The Bertz CT molecular complexity index is 924. The molecule has 0 fully saturated rings. The van der Waals surface area contributed by atoms with Gasteiger partial charge < -0.3 is 4.74 Å². The van der Waals surface area contributed by atoms with Crippen molar-refractivity contribution in [2.45, 2.75) is 6.36 Å². The van der Waals surface area contributed by atoms with Crippen LogP contribution in [0, 0.1) is 10.1 Å². The number of nitro groups is 1. The molecule has 1 aromatic heterocycles. The molecule has 0 aliphatic rings. The predicted molar refractivity (Wildman–Crippen MR) is 80.6 cm³/mol. The zero-order valence-corrected chi connectivity index (χ0v) is 12.3. The Morgan fingerprint density at radius 2 is 1.80 bits per heavy atom. The van der Waals surface area contributed by atoms with Crippen LogP contribution in [0.15, 0.2) is 48.5 Å². The van der Waals surface area contributed by atoms with E-state index in [9.17, 15) is 23.3 Å². The van der Waals surface area contributed by atoms with Crippen LogP contribution >= 0.6 is 0 Å². The molecule has 0 amide bonds. The summed E-state index contributed by atoms with van der Waals surface area (Å²) in [6, 6.07) is 10.9. The molecule has 128 valence electrons. The van der Waals surface area contributed by atoms with E-state index in [4.69, 9.17) is 0 Å². The lowest BCUT2D eigenvalue weighted by Crippen LogP contribution is -2.17. The highest BCUT2D eigenvalue weighted by Gasteiger charge is 2.31. The fraction of sp³-hybridized carbons (Fsp3) is 0.0667. The molecule has 0 radical (unpaired) electrons. The van der Waals surface area contributed by atoms with Crippen molar-refractivity contribution >= 4 is 5.69 Å². The van der Waals surface area contributed by atoms with Crippen LogP contribution in [0.1, 0.15) is 0 Å². The lowest BCUT2D eigenvalue weighted by molar-refractivity contribution is -0.384. The molecule has 0 spiro atoms. The summed E-state index contributed by atoms with van der Waals surface area (Å²) in [6.07, 6.45) is -4.80. The quantitative estimate of drug-likeness (QED) is 0.568. The van der Waals surface area contributed by atoms with Crippen LogP contribution in [-0.2, 0) is 0 Å². The summed E-state index contributed by atoms with van der Waals surface area (Å²) in [5.74, 6) is -0.00623. The summed E-state index contributed by atoms with van der Waals surface area (Å²) in [5.41, 5.74) is 0.606. The van der Waals surface area contributed by atoms with E-state index in [2.05, 4.69) is 19.9 Å². The van der Waals surface area contributed by atoms with Crippen LogP contribution in [0.3, 0.4) is 0 Å². The van der Waals surface area contributed by atoms with Gasteiger partial charge >= 0.3 is 6.36 Å². The van der Waals surface area contributed by atoms with Gasteiger partial charge in [-0.25, -0.2) is 4.98 Å². The zero-order chi connectivity index (χ0) is 18.0. The second kappa shape index (κ2) is 6.23. The number of hydrogen-bond acceptors (Lipinski definition) is 5. The van der Waals surface area contributed by atoms with E-state index in [1.807, 2.05) is 0 Å². The Hall–Kier alpha value is -3.43. The zero-order valence-electron chi connectivity index (χ0n) is 12.3. The Balaban J connectivity index is 1.90. The summed E-state index contributed by atoms with van der Waals surface area (Å²) in [7, 11) is 0. The van der Waals surface area contributed by atoms with Crippen molar-refractivity contribution in [2.24, 2.45) is 0 Å². The van der Waals surface area contributed by atoms with E-state index in [1.54, 1.807) is 6.07 Å². The molecule has 0 bridgehead atoms. The Labute approximate surface area is 138 Å². The minimum absolute atomic E-state index is 0.121. The maximum atomic E-state index is 12.3. The molecule has 3 rings (SSSR count). The van der Waals surface area contributed by atoms with Crippen LogP contribution in [0.5, 0.6) is 5.75 Å². The van der Waals surface area contributed by atoms with E-state index in [0.29, 0.717) is 11.1 Å². The number of hydrogen-bond donors (Lipinski definition) is 1. The SMILES string of the molecule is O=[N+]([O-])c1cccc(-c2n[nH]c(-c3cccc(OC(F)(F)F)c3)n2)c1. The van der Waals surface area contributed by atoms with E-state index >= 15 is 0 Å². The molecule has 25 heavy (non-hydrogen) atoms. The molecule has 0 saturated heterocycles. The lowest BCUT2D eigenvalue weighted by atomic mass is 10.2. The molecular formula is C15H9F3N4O3. The molecule has 1 N–H and O–H groups in total. The minimum atomic E-state index is -4.80. The van der Waals surface area contributed by atoms with E-state index < -0.39 is 17.0 Å². The van der Waals surface area contributed by atoms with Gasteiger partial charge in [-0.15, -0.1) is 13.2 Å². The summed E-state index contributed by atoms with van der Waals surface area (Å²) in [5, 5.41) is 17.4. The van der Waals surface area contributed by atoms with Crippen LogP contribution in [0.4, 0.5) is 18.9 Å². The maximum absolute atomic E-state index is 12.3. The van der Waals surface area contributed by atoms with Gasteiger partial charge in [0.25, 0.3) is 5.69 Å². The Morgan fingerprint density at radius 1 is 1.08 bits per heavy atom. The molecule has 3 aromatic rings. The molecular weight excluding hydrogens is 341 g/mol. The molecule has 1 heterocycles. The maximum Gasteiger partial charge on any atom is 0.573 e. The fourth-order valence-electron chi connectivity index (χ4n) is 2.12. The number of nitro benzene ring substituents is 1. The van der Waals surface area contributed by atoms with Crippen LogP contribution < -0.4 is 4.74 Å². The third kappa shape index (κ3) is 3.91. The van der Waals surface area contributed by atoms with Gasteiger partial charge in [-0.1, -0.05) is 24.3 Å². The normalized spacial score (nSPS) is 11.3. The van der Waals surface area contributed by atoms with Crippen molar-refractivity contribution in [1.82, 2.24) is 15.2 Å². The highest BCUT2D eigenvalue weighted by molar-refractivity contribution is 5.64. The van der Waals surface area contributed by atoms with Crippen LogP contribution in [0.25, 0.3) is 22.8 Å². The van der Waals surface area contributed by atoms with Crippen LogP contribution in [0.2, 0.25) is 0 Å². The number of benzene rings is 2. The van der Waals surface area contributed by atoms with E-state index in [1.165, 1.54) is 30.3 Å². The van der Waals surface area contributed by atoms with Crippen LogP contribution in [-0.4, -0.2) is 26.5 Å². The monoisotopic (exact) mass is 350 g/mol. The lowest BCUT2D eigenvalue weighted by Gasteiger charge is -2.09. The van der Waals surface area contributed by atoms with Gasteiger partial charge in [-0.3, -0.25) is 15.2 Å². The van der Waals surface area contributed by atoms with Crippen molar-refractivity contribution in [2.75, 3.05) is 0 Å². The number of rotatable bonds is 4. The fourth-order valence-corrected chi connectivity index (χ4v) is 2.12. The molecule has 0 aliphatic heterocycles. The second-order valence-corrected chi connectivity index (χ2v) is 4.89. The number of aromatic nitrogens is 3. The van der Waals surface area contributed by atoms with Gasteiger partial charge in [0.15, 0.2) is 11.6 Å². The topological polar surface area (TPSA) is 93.9 Å². The van der Waals surface area contributed by atoms with E-state index in [-0.39, 0.29) is 17.3 Å². The predicted octanol–water partition coefficient (Wildman–Crippen LogP) is 3.95. The Kier molecular flexibility index (Phi) is 4.09. The van der Waals surface area contributed by atoms with Crippen molar-refractivity contribution in [3.8, 4) is 28.5 Å². The molecule has 2 aromatic carbocycles. The van der Waals surface area contributed by atoms with Crippen molar-refractivity contribution in [1.29, 1.82) is 0 Å². The largest absolute Gasteiger partial charge is 0.573 e. The summed E-state index contributed by atoms with van der Waals surface area (Å²) >= 11 is 0. The second-order valence-electron chi connectivity index (χ2n) is 4.89. The van der Waals surface area contributed by atoms with Crippen molar-refractivity contribution < 1.29 is 22.8 Å². The first kappa shape index (κ1) is 16.4. The highest BCUT2D eigenvalue weighted by atomic mass is 19.4. The summed E-state index contributed by atoms with van der Waals surface area (Å²) < 4.78 is 40.7. The number of alkyl halides is 3. The average molecular weight is 350 g/mol. The average Bonchev–Trinajstić information content (AvgIpc) is 3.03. The first-order valence-electron chi connectivity index (χ1n) is 6.85. The van der Waals surface area contributed by atoms with E-state index in [0.717, 1.165) is 12.1 Å². The van der Waals surface area contributed by atoms with Gasteiger partial charge in [0, 0.05) is 23.3 Å². The molecule has 0 aliphatic carbocycles. The molecule has 10 heteroatoms. The van der Waals surface area contributed by atoms with Gasteiger partial charge in [0.1, 0.15) is 5.75 Å². The number of halogens is 3. The molecule has 0 saturated carbocycles. The Morgan fingerprint density at radius 3 is 2.52 bits per heavy atom. The van der Waals surface area contributed by atoms with Crippen molar-refractivity contribution in [3.05, 3.63) is 58.6 Å². The number of non-ortho nitro benzene ring substituents is 1. The number of nitrogens with one attached hydrogen (secondary N) is 1. The van der Waals surface area contributed by atoms with Gasteiger partial charge in [-0.05, 0) is 12.1 Å². The third-order valence-corrected chi connectivity index (χ3v) is 3.14.